The molecule has 0 saturated heterocycles. The summed E-state index contributed by atoms with van der Waals surface area (Å²) in [4.78, 5) is 2.45. The van der Waals surface area contributed by atoms with E-state index in [0.29, 0.717) is 18.0 Å². The molecule has 1 saturated carbocycles. The molecule has 0 bridgehead atoms. The van der Waals surface area contributed by atoms with Crippen LogP contribution in [0.5, 0.6) is 0 Å². The van der Waals surface area contributed by atoms with E-state index in [9.17, 15) is 5.26 Å². The molecule has 0 aromatic rings. The quantitative estimate of drug-likeness (QED) is 0.684. The number of hydrogen-bond donors (Lipinski definition) is 0. The van der Waals surface area contributed by atoms with Gasteiger partial charge in [-0.25, -0.2) is 0 Å². The van der Waals surface area contributed by atoms with Gasteiger partial charge in [0.05, 0.1) is 12.0 Å². The Hall–Kier alpha value is -0.550. The molecule has 0 aliphatic heterocycles. The highest BCUT2D eigenvalue weighted by Gasteiger charge is 2.29. The van der Waals surface area contributed by atoms with Crippen LogP contribution in [0, 0.1) is 23.2 Å². The molecule has 1 rings (SSSR count). The molecule has 0 aromatic heterocycles. The van der Waals surface area contributed by atoms with Crippen molar-refractivity contribution < 1.29 is 0 Å². The maximum atomic E-state index is 9.28. The molecule has 3 atom stereocenters. The fourth-order valence-electron chi connectivity index (χ4n) is 2.70. The van der Waals surface area contributed by atoms with Gasteiger partial charge in [-0.3, -0.25) is 4.90 Å². The second-order valence-electron chi connectivity index (χ2n) is 5.59. The van der Waals surface area contributed by atoms with Crippen molar-refractivity contribution in [2.45, 2.75) is 65.0 Å². The maximum absolute atomic E-state index is 9.28. The van der Waals surface area contributed by atoms with Crippen LogP contribution < -0.4 is 0 Å². The van der Waals surface area contributed by atoms with Gasteiger partial charge in [-0.2, -0.15) is 5.26 Å². The summed E-state index contributed by atoms with van der Waals surface area (Å²) in [7, 11) is 2.20. The summed E-state index contributed by atoms with van der Waals surface area (Å²) in [5.41, 5.74) is 0. The fraction of sp³-hybridized carbons (Fsp3) is 0.929. The molecule has 16 heavy (non-hydrogen) atoms. The third kappa shape index (κ3) is 3.22. The highest BCUT2D eigenvalue weighted by Crippen LogP contribution is 2.28. The Balaban J connectivity index is 2.70. The van der Waals surface area contributed by atoms with Crippen LogP contribution in [-0.4, -0.2) is 24.0 Å². The van der Waals surface area contributed by atoms with Crippen LogP contribution in [0.1, 0.15) is 52.9 Å². The summed E-state index contributed by atoms with van der Waals surface area (Å²) in [6.07, 6.45) is 6.12. The minimum Gasteiger partial charge on any atom is -0.299 e. The van der Waals surface area contributed by atoms with E-state index < -0.39 is 0 Å². The highest BCUT2D eigenvalue weighted by atomic mass is 15.2. The van der Waals surface area contributed by atoms with E-state index in [0.717, 1.165) is 6.42 Å². The lowest BCUT2D eigenvalue weighted by Crippen LogP contribution is -2.44. The zero-order valence-corrected chi connectivity index (χ0v) is 11.2. The van der Waals surface area contributed by atoms with Crippen LogP contribution in [0.15, 0.2) is 0 Å². The molecule has 0 radical (unpaired) electrons. The molecule has 0 N–H and O–H groups in total. The monoisotopic (exact) mass is 222 g/mol. The zero-order chi connectivity index (χ0) is 12.1. The van der Waals surface area contributed by atoms with Crippen molar-refractivity contribution in [1.29, 1.82) is 5.26 Å². The lowest BCUT2D eigenvalue weighted by atomic mass is 9.92. The van der Waals surface area contributed by atoms with E-state index in [-0.39, 0.29) is 5.92 Å². The van der Waals surface area contributed by atoms with Gasteiger partial charge >= 0.3 is 0 Å². The first-order valence-corrected chi connectivity index (χ1v) is 6.69. The predicted molar refractivity (Wildman–Crippen MR) is 68.0 cm³/mol. The summed E-state index contributed by atoms with van der Waals surface area (Å²) in [6, 6.07) is 3.57. The molecule has 0 amide bonds. The predicted octanol–water partition coefficient (Wildman–Crippen LogP) is 3.44. The summed E-state index contributed by atoms with van der Waals surface area (Å²) in [5, 5.41) is 9.28. The van der Waals surface area contributed by atoms with E-state index in [1.165, 1.54) is 25.7 Å². The van der Waals surface area contributed by atoms with Gasteiger partial charge in [-0.05, 0) is 32.7 Å². The molecular formula is C14H26N2. The Morgan fingerprint density at radius 3 is 2.31 bits per heavy atom. The average Bonchev–Trinajstić information content (AvgIpc) is 2.51. The van der Waals surface area contributed by atoms with Crippen molar-refractivity contribution in [2.75, 3.05) is 7.05 Å². The first-order valence-electron chi connectivity index (χ1n) is 6.69. The standard InChI is InChI=1S/C14H26N2/c1-11(2)12(3)16(4)14-9-7-5-6-8-13(14)10-15/h11-14H,5-9H2,1-4H3. The van der Waals surface area contributed by atoms with E-state index in [1.54, 1.807) is 0 Å². The third-order valence-corrected chi connectivity index (χ3v) is 4.28. The Morgan fingerprint density at radius 2 is 1.75 bits per heavy atom. The van der Waals surface area contributed by atoms with E-state index in [4.69, 9.17) is 0 Å². The van der Waals surface area contributed by atoms with Gasteiger partial charge in [0.25, 0.3) is 0 Å². The summed E-state index contributed by atoms with van der Waals surface area (Å²) >= 11 is 0. The topological polar surface area (TPSA) is 27.0 Å². The minimum atomic E-state index is 0.244. The van der Waals surface area contributed by atoms with Crippen molar-refractivity contribution in [3.63, 3.8) is 0 Å². The van der Waals surface area contributed by atoms with Gasteiger partial charge in [0.2, 0.25) is 0 Å². The Kier molecular flexibility index (Phi) is 5.28. The smallest absolute Gasteiger partial charge is 0.0672 e. The van der Waals surface area contributed by atoms with E-state index in [2.05, 4.69) is 38.8 Å². The van der Waals surface area contributed by atoms with Gasteiger partial charge in [-0.15, -0.1) is 0 Å². The first kappa shape index (κ1) is 13.5. The minimum absolute atomic E-state index is 0.244. The molecule has 1 fully saturated rings. The first-order chi connectivity index (χ1) is 7.57. The molecule has 3 unspecified atom stereocenters. The van der Waals surface area contributed by atoms with E-state index >= 15 is 0 Å². The zero-order valence-electron chi connectivity index (χ0n) is 11.2. The van der Waals surface area contributed by atoms with Crippen LogP contribution >= 0.6 is 0 Å². The Bertz CT molecular complexity index is 242. The van der Waals surface area contributed by atoms with Crippen LogP contribution in [0.3, 0.4) is 0 Å². The number of hydrogen-bond acceptors (Lipinski definition) is 2. The van der Waals surface area contributed by atoms with Gasteiger partial charge in [-0.1, -0.05) is 33.1 Å². The summed E-state index contributed by atoms with van der Waals surface area (Å²) < 4.78 is 0. The fourth-order valence-corrected chi connectivity index (χ4v) is 2.70. The number of nitriles is 1. The van der Waals surface area contributed by atoms with Crippen molar-refractivity contribution in [3.8, 4) is 6.07 Å². The number of nitrogens with zero attached hydrogens (tertiary/aromatic N) is 2. The lowest BCUT2D eigenvalue weighted by molar-refractivity contribution is 0.116. The molecule has 0 spiro atoms. The second-order valence-corrected chi connectivity index (χ2v) is 5.59. The molecule has 0 heterocycles. The van der Waals surface area contributed by atoms with Crippen LogP contribution in [0.4, 0.5) is 0 Å². The van der Waals surface area contributed by atoms with Gasteiger partial charge < -0.3 is 0 Å². The molecule has 2 nitrogen and oxygen atoms in total. The van der Waals surface area contributed by atoms with E-state index in [1.807, 2.05) is 0 Å². The molecule has 92 valence electrons. The normalized spacial score (nSPS) is 28.8. The molecule has 1 aliphatic carbocycles. The summed E-state index contributed by atoms with van der Waals surface area (Å²) in [5.74, 6) is 0.904. The van der Waals surface area contributed by atoms with Crippen molar-refractivity contribution in [2.24, 2.45) is 11.8 Å². The van der Waals surface area contributed by atoms with Crippen LogP contribution in [0.25, 0.3) is 0 Å². The molecule has 2 heteroatoms. The van der Waals surface area contributed by atoms with Gasteiger partial charge in [0.15, 0.2) is 0 Å². The average molecular weight is 222 g/mol. The van der Waals surface area contributed by atoms with Gasteiger partial charge in [0.1, 0.15) is 0 Å². The maximum Gasteiger partial charge on any atom is 0.0672 e. The molecule has 1 aliphatic rings. The molecular weight excluding hydrogens is 196 g/mol. The van der Waals surface area contributed by atoms with Crippen molar-refractivity contribution in [3.05, 3.63) is 0 Å². The number of rotatable bonds is 3. The van der Waals surface area contributed by atoms with Crippen molar-refractivity contribution >= 4 is 0 Å². The van der Waals surface area contributed by atoms with Crippen LogP contribution in [0.2, 0.25) is 0 Å². The van der Waals surface area contributed by atoms with Gasteiger partial charge in [0, 0.05) is 12.1 Å². The van der Waals surface area contributed by atoms with Crippen LogP contribution in [-0.2, 0) is 0 Å². The summed E-state index contributed by atoms with van der Waals surface area (Å²) in [6.45, 7) is 6.81. The Labute approximate surface area is 101 Å². The van der Waals surface area contributed by atoms with Crippen molar-refractivity contribution in [1.82, 2.24) is 4.90 Å². The lowest BCUT2D eigenvalue weighted by Gasteiger charge is -2.36. The Morgan fingerprint density at radius 1 is 1.12 bits per heavy atom. The molecule has 0 aromatic carbocycles. The largest absolute Gasteiger partial charge is 0.299 e. The second kappa shape index (κ2) is 6.25. The highest BCUT2D eigenvalue weighted by molar-refractivity contribution is 4.95. The third-order valence-electron chi connectivity index (χ3n) is 4.28. The SMILES string of the molecule is CC(C)C(C)N(C)C1CCCCCC1C#N.